The van der Waals surface area contributed by atoms with Crippen molar-refractivity contribution in [2.75, 3.05) is 0 Å². The smallest absolute Gasteiger partial charge is 0.205 e. The van der Waals surface area contributed by atoms with E-state index >= 15 is 0 Å². The molecule has 9 nitrogen and oxygen atoms in total. The lowest BCUT2D eigenvalue weighted by Crippen LogP contribution is -2.37. The molecule has 0 amide bonds. The Morgan fingerprint density at radius 2 is 1.13 bits per heavy atom. The highest BCUT2D eigenvalue weighted by molar-refractivity contribution is 7.35. The molecule has 4 aliphatic rings. The summed E-state index contributed by atoms with van der Waals surface area (Å²) in [7, 11) is 0. The Hall–Kier alpha value is -6.32. The first-order valence-corrected chi connectivity index (χ1v) is 20.3. The molecule has 3 aliphatic carbocycles. The summed E-state index contributed by atoms with van der Waals surface area (Å²) < 4.78 is 11.1. The summed E-state index contributed by atoms with van der Waals surface area (Å²) in [6.45, 7) is 7.39. The van der Waals surface area contributed by atoms with Crippen molar-refractivity contribution in [2.24, 2.45) is 0 Å². The number of hydrogen-bond donors (Lipinski definition) is 0. The molecule has 5 heterocycles. The molecule has 260 valence electrons. The summed E-state index contributed by atoms with van der Waals surface area (Å²) in [4.78, 5) is 60.6. The van der Waals surface area contributed by atoms with E-state index in [0.717, 1.165) is 81.7 Å². The highest BCUT2D eigenvalue weighted by atomic mass is 32.1. The minimum Gasteiger partial charge on any atom is -0.479 e. The van der Waals surface area contributed by atoms with Crippen LogP contribution in [0, 0.1) is 40.6 Å². The van der Waals surface area contributed by atoms with Gasteiger partial charge in [0, 0.05) is 42.3 Å². The van der Waals surface area contributed by atoms with Crippen LogP contribution < -0.4 is 4.74 Å². The summed E-state index contributed by atoms with van der Waals surface area (Å²) in [6.07, 6.45) is 7.96. The van der Waals surface area contributed by atoms with E-state index in [1.165, 1.54) is 46.9 Å². The van der Waals surface area contributed by atoms with E-state index in [0.29, 0.717) is 0 Å². The SMILES string of the molecule is [C-]#[N+]c1cc2c(cc1C#N)C(=O)/C(=C/c1cc3sc4c(c3s1)C1(CCCCC1)Oc1c-4sc3cc(C=C4C(=O)c5cc(C#N)c(C#N)cc5C4=O)sc13)C2=O. The van der Waals surface area contributed by atoms with Gasteiger partial charge in [-0.25, -0.2) is 4.85 Å². The van der Waals surface area contributed by atoms with Gasteiger partial charge in [0.2, 0.25) is 5.69 Å². The highest BCUT2D eigenvalue weighted by Crippen LogP contribution is 2.62. The van der Waals surface area contributed by atoms with E-state index in [1.807, 2.05) is 30.3 Å². The number of benzene rings is 2. The third kappa shape index (κ3) is 4.62. The second-order valence-electron chi connectivity index (χ2n) is 13.6. The van der Waals surface area contributed by atoms with Crippen molar-refractivity contribution < 1.29 is 23.9 Å². The van der Waals surface area contributed by atoms with Gasteiger partial charge >= 0.3 is 0 Å². The molecule has 1 fully saturated rings. The summed E-state index contributed by atoms with van der Waals surface area (Å²) in [6, 6.07) is 15.1. The zero-order chi connectivity index (χ0) is 37.9. The van der Waals surface area contributed by atoms with Gasteiger partial charge in [-0.05, 0) is 74.2 Å². The number of thiophene rings is 4. The number of rotatable bonds is 2. The van der Waals surface area contributed by atoms with Crippen LogP contribution in [0.3, 0.4) is 0 Å². The zero-order valence-electron chi connectivity index (χ0n) is 28.1. The number of ketones is 4. The minimum atomic E-state index is -0.570. The van der Waals surface area contributed by atoms with Gasteiger partial charge < -0.3 is 4.74 Å². The van der Waals surface area contributed by atoms with E-state index in [2.05, 4.69) is 4.85 Å². The first-order chi connectivity index (χ1) is 26.7. The van der Waals surface area contributed by atoms with Crippen LogP contribution >= 0.6 is 45.3 Å². The third-order valence-electron chi connectivity index (χ3n) is 10.7. The lowest BCUT2D eigenvalue weighted by atomic mass is 9.78. The predicted octanol–water partition coefficient (Wildman–Crippen LogP) is 10.5. The fraction of sp³-hybridized carbons (Fsp3) is 0.143. The molecular weight excluding hydrogens is 769 g/mol. The van der Waals surface area contributed by atoms with Crippen molar-refractivity contribution >= 4 is 105 Å². The number of carbonyl (C=O) groups is 4. The molecule has 0 saturated heterocycles. The monoisotopic (exact) mass is 786 g/mol. The van der Waals surface area contributed by atoms with E-state index in [-0.39, 0.29) is 55.8 Å². The van der Waals surface area contributed by atoms with Crippen molar-refractivity contribution in [3.63, 3.8) is 0 Å². The van der Waals surface area contributed by atoms with Crippen LogP contribution in [0.1, 0.15) is 106 Å². The van der Waals surface area contributed by atoms with Crippen LogP contribution in [0.25, 0.3) is 45.6 Å². The number of allylic oxidation sites excluding steroid dienone is 2. The molecule has 0 bridgehead atoms. The van der Waals surface area contributed by atoms with E-state index in [4.69, 9.17) is 11.3 Å². The van der Waals surface area contributed by atoms with Crippen LogP contribution in [0.15, 0.2) is 47.5 Å². The molecular formula is C42H18N4O5S4. The Bertz CT molecular complexity index is 3020. The summed E-state index contributed by atoms with van der Waals surface area (Å²) in [5.41, 5.74) is 1.36. The highest BCUT2D eigenvalue weighted by Gasteiger charge is 2.47. The predicted molar refractivity (Wildman–Crippen MR) is 210 cm³/mol. The summed E-state index contributed by atoms with van der Waals surface area (Å²) in [5, 5.41) is 28.4. The number of nitrogens with zero attached hydrogens (tertiary/aromatic N) is 4. The van der Waals surface area contributed by atoms with Crippen LogP contribution in [-0.4, -0.2) is 23.1 Å². The average Bonchev–Trinajstić information content (AvgIpc) is 4.02. The van der Waals surface area contributed by atoms with Crippen molar-refractivity contribution in [3.8, 4) is 33.7 Å². The fourth-order valence-corrected chi connectivity index (χ4v) is 13.5. The Morgan fingerprint density at radius 1 is 0.636 bits per heavy atom. The lowest BCUT2D eigenvalue weighted by molar-refractivity contribution is 0.0282. The maximum atomic E-state index is 13.4. The normalized spacial score (nSPS) is 17.1. The molecule has 0 atom stereocenters. The van der Waals surface area contributed by atoms with Gasteiger partial charge in [0.1, 0.15) is 17.7 Å². The van der Waals surface area contributed by atoms with Crippen molar-refractivity contribution in [1.29, 1.82) is 15.8 Å². The molecule has 6 aromatic rings. The van der Waals surface area contributed by atoms with Gasteiger partial charge in [-0.2, -0.15) is 15.8 Å². The summed E-state index contributed by atoms with van der Waals surface area (Å²) in [5.74, 6) is -1.04. The molecule has 55 heavy (non-hydrogen) atoms. The Kier molecular flexibility index (Phi) is 7.16. The second kappa shape index (κ2) is 11.8. The zero-order valence-corrected chi connectivity index (χ0v) is 31.4. The number of fused-ring (bicyclic) bond motifs is 10. The Labute approximate surface area is 327 Å². The van der Waals surface area contributed by atoms with Gasteiger partial charge in [-0.3, -0.25) is 19.2 Å². The van der Waals surface area contributed by atoms with Gasteiger partial charge in [0.25, 0.3) is 0 Å². The third-order valence-corrected chi connectivity index (χ3v) is 15.5. The number of hydrogen-bond acceptors (Lipinski definition) is 12. The molecule has 0 radical (unpaired) electrons. The van der Waals surface area contributed by atoms with Crippen LogP contribution in [0.2, 0.25) is 0 Å². The molecule has 1 aliphatic heterocycles. The second-order valence-corrected chi connectivity index (χ2v) is 17.9. The first-order valence-electron chi connectivity index (χ1n) is 17.1. The molecule has 2 aromatic carbocycles. The maximum absolute atomic E-state index is 13.4. The average molecular weight is 787 g/mol. The molecule has 1 saturated carbocycles. The minimum absolute atomic E-state index is 0.00195. The molecule has 0 unspecified atom stereocenters. The number of carbonyl (C=O) groups excluding carboxylic acids is 4. The van der Waals surface area contributed by atoms with Crippen LogP contribution in [-0.2, 0) is 5.60 Å². The lowest BCUT2D eigenvalue weighted by Gasteiger charge is -2.40. The fourth-order valence-electron chi connectivity index (χ4n) is 8.11. The molecule has 13 heteroatoms. The molecule has 0 N–H and O–H groups in total. The van der Waals surface area contributed by atoms with Crippen LogP contribution in [0.5, 0.6) is 5.75 Å². The quantitative estimate of drug-likeness (QED) is 0.0955. The van der Waals surface area contributed by atoms with Gasteiger partial charge in [0.15, 0.2) is 28.9 Å². The van der Waals surface area contributed by atoms with Gasteiger partial charge in [-0.1, -0.05) is 6.42 Å². The number of nitriles is 3. The van der Waals surface area contributed by atoms with Crippen LogP contribution in [0.4, 0.5) is 5.69 Å². The van der Waals surface area contributed by atoms with Gasteiger partial charge in [-0.15, -0.1) is 45.3 Å². The standard InChI is InChI=1S/C42H18N4O5S4/c1-46-29-14-26-25(9-20(29)17-45)35(49)28(36(26)50)10-21-12-30-38(52-21)32-40(54-30)41-37(51-42(32)5-3-2-4-6-42)39-31(55-41)13-22(53-39)11-27-33(47)23-7-18(15-43)19(16-44)8-24(23)34(27)48/h7-14H,2-6H2/b28-10-. The summed E-state index contributed by atoms with van der Waals surface area (Å²) >= 11 is 6.25. The first kappa shape index (κ1) is 33.3. The van der Waals surface area contributed by atoms with E-state index in [9.17, 15) is 35.0 Å². The number of Topliss-reactive ketones (excluding diaryl/α,β-unsaturated/α-hetero) is 4. The van der Waals surface area contributed by atoms with E-state index < -0.39 is 28.7 Å². The molecule has 4 aromatic heterocycles. The topological polar surface area (TPSA) is 153 Å². The van der Waals surface area contributed by atoms with E-state index in [1.54, 1.807) is 34.8 Å². The van der Waals surface area contributed by atoms with Crippen molar-refractivity contribution in [2.45, 2.75) is 37.7 Å². The maximum Gasteiger partial charge on any atom is 0.205 e. The van der Waals surface area contributed by atoms with Crippen molar-refractivity contribution in [3.05, 3.63) is 113 Å². The van der Waals surface area contributed by atoms with Crippen molar-refractivity contribution in [1.82, 2.24) is 0 Å². The molecule has 10 rings (SSSR count). The van der Waals surface area contributed by atoms with Gasteiger partial charge in [0.05, 0.1) is 64.3 Å². The number of ether oxygens (including phenoxy) is 1. The Balaban J connectivity index is 1.04. The molecule has 1 spiro atoms. The largest absolute Gasteiger partial charge is 0.479 e. The Morgan fingerprint density at radius 3 is 1.67 bits per heavy atom.